The Morgan fingerprint density at radius 2 is 1.78 bits per heavy atom. The number of sulfone groups is 1. The maximum absolute atomic E-state index is 12.5. The van der Waals surface area contributed by atoms with Crippen LogP contribution in [0.4, 0.5) is 0 Å². The zero-order valence-electron chi connectivity index (χ0n) is 11.5. The van der Waals surface area contributed by atoms with E-state index in [1.54, 1.807) is 0 Å². The van der Waals surface area contributed by atoms with Crippen LogP contribution in [0.1, 0.15) is 58.3 Å². The molecule has 0 heterocycles. The summed E-state index contributed by atoms with van der Waals surface area (Å²) in [5.41, 5.74) is 0. The highest BCUT2D eigenvalue weighted by molar-refractivity contribution is 7.92. The molecule has 0 saturated heterocycles. The van der Waals surface area contributed by atoms with Crippen molar-refractivity contribution in [1.29, 1.82) is 0 Å². The minimum Gasteiger partial charge on any atom is -0.313 e. The van der Waals surface area contributed by atoms with Crippen LogP contribution in [0.25, 0.3) is 0 Å². The molecule has 1 atom stereocenters. The van der Waals surface area contributed by atoms with Gasteiger partial charge in [-0.1, -0.05) is 26.2 Å². The standard InChI is InChI=1S/C14H27NO2S/c1-2-10-15-14(12-8-9-12)11-18(16,17)13-6-4-3-5-7-13/h12-15H,2-11H2,1H3. The van der Waals surface area contributed by atoms with E-state index < -0.39 is 9.84 Å². The van der Waals surface area contributed by atoms with Crippen LogP contribution in [-0.2, 0) is 9.84 Å². The molecule has 0 radical (unpaired) electrons. The van der Waals surface area contributed by atoms with E-state index >= 15 is 0 Å². The molecular weight excluding hydrogens is 246 g/mol. The van der Waals surface area contributed by atoms with Crippen molar-refractivity contribution in [3.05, 3.63) is 0 Å². The lowest BCUT2D eigenvalue weighted by Crippen LogP contribution is -2.41. The van der Waals surface area contributed by atoms with Gasteiger partial charge < -0.3 is 5.32 Å². The fourth-order valence-electron chi connectivity index (χ4n) is 3.00. The first-order chi connectivity index (χ1) is 8.63. The van der Waals surface area contributed by atoms with E-state index in [-0.39, 0.29) is 11.3 Å². The Hall–Kier alpha value is -0.0900. The predicted molar refractivity (Wildman–Crippen MR) is 75.5 cm³/mol. The second-order valence-electron chi connectivity index (χ2n) is 5.99. The fraction of sp³-hybridized carbons (Fsp3) is 1.00. The van der Waals surface area contributed by atoms with Crippen LogP contribution in [-0.4, -0.2) is 32.0 Å². The molecule has 2 saturated carbocycles. The fourth-order valence-corrected chi connectivity index (χ4v) is 5.21. The Kier molecular flexibility index (Phi) is 5.07. The maximum atomic E-state index is 12.5. The van der Waals surface area contributed by atoms with Gasteiger partial charge in [0.2, 0.25) is 0 Å². The predicted octanol–water partition coefficient (Wildman–Crippen LogP) is 2.51. The third kappa shape index (κ3) is 3.95. The van der Waals surface area contributed by atoms with Gasteiger partial charge in [-0.25, -0.2) is 8.42 Å². The molecule has 2 rings (SSSR count). The van der Waals surface area contributed by atoms with Crippen LogP contribution < -0.4 is 5.32 Å². The van der Waals surface area contributed by atoms with E-state index in [9.17, 15) is 8.42 Å². The number of rotatable bonds is 7. The largest absolute Gasteiger partial charge is 0.313 e. The number of nitrogens with one attached hydrogen (secondary N) is 1. The molecule has 4 heteroatoms. The number of hydrogen-bond acceptors (Lipinski definition) is 3. The minimum atomic E-state index is -2.88. The van der Waals surface area contributed by atoms with E-state index in [4.69, 9.17) is 0 Å². The molecule has 0 aromatic rings. The van der Waals surface area contributed by atoms with Crippen molar-refractivity contribution in [2.75, 3.05) is 12.3 Å². The van der Waals surface area contributed by atoms with Gasteiger partial charge in [0.1, 0.15) is 0 Å². The van der Waals surface area contributed by atoms with Gasteiger partial charge in [0, 0.05) is 6.04 Å². The van der Waals surface area contributed by atoms with Crippen molar-refractivity contribution in [2.24, 2.45) is 5.92 Å². The lowest BCUT2D eigenvalue weighted by molar-refractivity contribution is 0.462. The summed E-state index contributed by atoms with van der Waals surface area (Å²) in [5.74, 6) is 0.998. The Bertz CT molecular complexity index is 343. The minimum absolute atomic E-state index is 0.0454. The highest BCUT2D eigenvalue weighted by Crippen LogP contribution is 2.34. The summed E-state index contributed by atoms with van der Waals surface area (Å²) in [5, 5.41) is 3.40. The highest BCUT2D eigenvalue weighted by atomic mass is 32.2. The zero-order valence-corrected chi connectivity index (χ0v) is 12.3. The van der Waals surface area contributed by atoms with Gasteiger partial charge in [-0.05, 0) is 44.6 Å². The first-order valence-corrected chi connectivity index (χ1v) is 9.30. The highest BCUT2D eigenvalue weighted by Gasteiger charge is 2.36. The van der Waals surface area contributed by atoms with Gasteiger partial charge in [0.25, 0.3) is 0 Å². The van der Waals surface area contributed by atoms with Crippen molar-refractivity contribution in [1.82, 2.24) is 5.32 Å². The van der Waals surface area contributed by atoms with Crippen LogP contribution in [0.5, 0.6) is 0 Å². The molecule has 2 aliphatic rings. The van der Waals surface area contributed by atoms with Crippen LogP contribution in [0.2, 0.25) is 0 Å². The molecule has 1 unspecified atom stereocenters. The lowest BCUT2D eigenvalue weighted by Gasteiger charge is -2.25. The quantitative estimate of drug-likeness (QED) is 0.775. The third-order valence-corrected chi connectivity index (χ3v) is 6.63. The molecule has 0 aromatic carbocycles. The molecular formula is C14H27NO2S. The first kappa shape index (κ1) is 14.3. The van der Waals surface area contributed by atoms with Gasteiger partial charge in [-0.3, -0.25) is 0 Å². The Morgan fingerprint density at radius 1 is 1.11 bits per heavy atom. The summed E-state index contributed by atoms with van der Waals surface area (Å²) in [6, 6.07) is 0.219. The second kappa shape index (κ2) is 6.38. The van der Waals surface area contributed by atoms with E-state index in [1.165, 1.54) is 19.3 Å². The molecule has 18 heavy (non-hydrogen) atoms. The van der Waals surface area contributed by atoms with Crippen molar-refractivity contribution in [3.63, 3.8) is 0 Å². The summed E-state index contributed by atoms with van der Waals surface area (Å²) in [7, 11) is -2.88. The van der Waals surface area contributed by atoms with Crippen molar-refractivity contribution in [2.45, 2.75) is 69.6 Å². The van der Waals surface area contributed by atoms with Crippen LogP contribution in [0.15, 0.2) is 0 Å². The molecule has 0 amide bonds. The second-order valence-corrected chi connectivity index (χ2v) is 8.31. The molecule has 0 aromatic heterocycles. The van der Waals surface area contributed by atoms with E-state index in [2.05, 4.69) is 12.2 Å². The first-order valence-electron chi connectivity index (χ1n) is 7.58. The topological polar surface area (TPSA) is 46.2 Å². The van der Waals surface area contributed by atoms with Gasteiger partial charge in [-0.2, -0.15) is 0 Å². The Labute approximate surface area is 112 Å². The van der Waals surface area contributed by atoms with Crippen LogP contribution in [0, 0.1) is 5.92 Å². The van der Waals surface area contributed by atoms with Gasteiger partial charge in [-0.15, -0.1) is 0 Å². The van der Waals surface area contributed by atoms with Gasteiger partial charge in [0.05, 0.1) is 11.0 Å². The third-order valence-electron chi connectivity index (χ3n) is 4.32. The van der Waals surface area contributed by atoms with Crippen molar-refractivity contribution < 1.29 is 8.42 Å². The average molecular weight is 273 g/mol. The SMILES string of the molecule is CCCNC(CS(=O)(=O)C1CCCCC1)C1CC1. The summed E-state index contributed by atoms with van der Waals surface area (Å²) in [4.78, 5) is 0. The summed E-state index contributed by atoms with van der Waals surface area (Å²) in [6.07, 6.45) is 8.70. The summed E-state index contributed by atoms with van der Waals surface area (Å²) < 4.78 is 24.9. The molecule has 3 nitrogen and oxygen atoms in total. The van der Waals surface area contributed by atoms with E-state index in [0.29, 0.717) is 11.7 Å². The summed E-state index contributed by atoms with van der Waals surface area (Å²) in [6.45, 7) is 3.08. The molecule has 1 N–H and O–H groups in total. The molecule has 2 fully saturated rings. The van der Waals surface area contributed by atoms with Crippen LogP contribution >= 0.6 is 0 Å². The lowest BCUT2D eigenvalue weighted by atomic mass is 10.0. The Balaban J connectivity index is 1.91. The van der Waals surface area contributed by atoms with Crippen molar-refractivity contribution in [3.8, 4) is 0 Å². The average Bonchev–Trinajstić information content (AvgIpc) is 3.20. The van der Waals surface area contributed by atoms with E-state index in [0.717, 1.165) is 38.6 Å². The molecule has 106 valence electrons. The number of hydrogen-bond donors (Lipinski definition) is 1. The van der Waals surface area contributed by atoms with Gasteiger partial charge >= 0.3 is 0 Å². The summed E-state index contributed by atoms with van der Waals surface area (Å²) >= 11 is 0. The van der Waals surface area contributed by atoms with Crippen molar-refractivity contribution >= 4 is 9.84 Å². The van der Waals surface area contributed by atoms with E-state index in [1.807, 2.05) is 0 Å². The zero-order chi connectivity index (χ0) is 13.0. The maximum Gasteiger partial charge on any atom is 0.154 e. The normalized spacial score (nSPS) is 24.1. The van der Waals surface area contributed by atoms with Gasteiger partial charge in [0.15, 0.2) is 9.84 Å². The molecule has 0 aliphatic heterocycles. The molecule has 2 aliphatic carbocycles. The monoisotopic (exact) mass is 273 g/mol. The Morgan fingerprint density at radius 3 is 2.33 bits per heavy atom. The van der Waals surface area contributed by atoms with Crippen LogP contribution in [0.3, 0.4) is 0 Å². The smallest absolute Gasteiger partial charge is 0.154 e. The molecule has 0 bridgehead atoms. The molecule has 0 spiro atoms.